The van der Waals surface area contributed by atoms with Crippen molar-refractivity contribution in [2.24, 2.45) is 5.73 Å². The summed E-state index contributed by atoms with van der Waals surface area (Å²) in [7, 11) is 0. The van der Waals surface area contributed by atoms with Gasteiger partial charge < -0.3 is 5.73 Å². The first-order valence-electron chi connectivity index (χ1n) is 3.83. The summed E-state index contributed by atoms with van der Waals surface area (Å²) in [6.45, 7) is 1.94. The highest BCUT2D eigenvalue weighted by molar-refractivity contribution is 5.85. The van der Waals surface area contributed by atoms with Gasteiger partial charge in [0.1, 0.15) is 6.33 Å². The van der Waals surface area contributed by atoms with Gasteiger partial charge in [0.15, 0.2) is 5.65 Å². The first kappa shape index (κ1) is 9.95. The first-order chi connectivity index (χ1) is 5.79. The van der Waals surface area contributed by atoms with Crippen molar-refractivity contribution in [3.05, 3.63) is 30.2 Å². The van der Waals surface area contributed by atoms with E-state index in [1.54, 1.807) is 6.33 Å². The van der Waals surface area contributed by atoms with Crippen LogP contribution in [0, 0.1) is 0 Å². The topological polar surface area (TPSA) is 56.2 Å². The predicted molar refractivity (Wildman–Crippen MR) is 52.8 cm³/mol. The smallest absolute Gasteiger partial charge is 0.160 e. The van der Waals surface area contributed by atoms with Crippen LogP contribution in [0.1, 0.15) is 18.7 Å². The lowest BCUT2D eigenvalue weighted by Crippen LogP contribution is -2.09. The zero-order valence-electron chi connectivity index (χ0n) is 7.21. The average molecular weight is 199 g/mol. The molecular formula is C8H11ClN4. The van der Waals surface area contributed by atoms with Gasteiger partial charge >= 0.3 is 0 Å². The lowest BCUT2D eigenvalue weighted by molar-refractivity contribution is 0.762. The largest absolute Gasteiger partial charge is 0.323 e. The number of rotatable bonds is 1. The number of aromatic nitrogens is 3. The summed E-state index contributed by atoms with van der Waals surface area (Å²) in [6, 6.07) is 5.81. The van der Waals surface area contributed by atoms with Gasteiger partial charge in [-0.25, -0.2) is 0 Å². The van der Waals surface area contributed by atoms with Crippen molar-refractivity contribution in [1.29, 1.82) is 0 Å². The van der Waals surface area contributed by atoms with Gasteiger partial charge in [-0.15, -0.1) is 22.6 Å². The second kappa shape index (κ2) is 3.72. The van der Waals surface area contributed by atoms with E-state index in [-0.39, 0.29) is 18.4 Å². The van der Waals surface area contributed by atoms with Gasteiger partial charge in [-0.05, 0) is 19.1 Å². The molecule has 0 amide bonds. The Morgan fingerprint density at radius 3 is 2.92 bits per heavy atom. The molecule has 0 aliphatic heterocycles. The lowest BCUT2D eigenvalue weighted by Gasteiger charge is -2.06. The summed E-state index contributed by atoms with van der Waals surface area (Å²) in [4.78, 5) is 0. The molecule has 0 radical (unpaired) electrons. The van der Waals surface area contributed by atoms with E-state index in [1.807, 2.05) is 29.5 Å². The minimum atomic E-state index is 0. The zero-order chi connectivity index (χ0) is 8.55. The van der Waals surface area contributed by atoms with Crippen molar-refractivity contribution < 1.29 is 0 Å². The first-order valence-corrected chi connectivity index (χ1v) is 3.83. The highest BCUT2D eigenvalue weighted by atomic mass is 35.5. The maximum Gasteiger partial charge on any atom is 0.160 e. The minimum absolute atomic E-state index is 0. The molecule has 0 spiro atoms. The molecule has 4 nitrogen and oxygen atoms in total. The molecule has 5 heteroatoms. The van der Waals surface area contributed by atoms with E-state index in [2.05, 4.69) is 10.2 Å². The molecule has 1 unspecified atom stereocenters. The summed E-state index contributed by atoms with van der Waals surface area (Å²) in [5.41, 5.74) is 7.63. The Morgan fingerprint density at radius 2 is 2.23 bits per heavy atom. The van der Waals surface area contributed by atoms with E-state index in [0.717, 1.165) is 11.3 Å². The van der Waals surface area contributed by atoms with Crippen molar-refractivity contribution in [3.8, 4) is 0 Å². The highest BCUT2D eigenvalue weighted by Crippen LogP contribution is 2.10. The standard InChI is InChI=1S/C8H10N4.ClH/c1-6(9)7-3-2-4-8-11-10-5-12(7)8;/h2-6H,9H2,1H3;1H. The second-order valence-corrected chi connectivity index (χ2v) is 2.80. The SMILES string of the molecule is CC(N)c1cccc2nncn12.Cl. The lowest BCUT2D eigenvalue weighted by atomic mass is 10.2. The van der Waals surface area contributed by atoms with Crippen LogP contribution in [-0.4, -0.2) is 14.6 Å². The summed E-state index contributed by atoms with van der Waals surface area (Å²) in [5.74, 6) is 0. The molecule has 0 fully saturated rings. The van der Waals surface area contributed by atoms with Crippen LogP contribution < -0.4 is 5.73 Å². The van der Waals surface area contributed by atoms with Crippen molar-refractivity contribution in [2.45, 2.75) is 13.0 Å². The third-order valence-corrected chi connectivity index (χ3v) is 1.83. The molecule has 2 heterocycles. The molecule has 2 rings (SSSR count). The fraction of sp³-hybridized carbons (Fsp3) is 0.250. The van der Waals surface area contributed by atoms with Crippen LogP contribution in [0.25, 0.3) is 5.65 Å². The summed E-state index contributed by atoms with van der Waals surface area (Å²) >= 11 is 0. The molecule has 0 aliphatic rings. The Bertz CT molecular complexity index is 396. The quantitative estimate of drug-likeness (QED) is 0.749. The summed E-state index contributed by atoms with van der Waals surface area (Å²) in [6.07, 6.45) is 1.67. The van der Waals surface area contributed by atoms with Gasteiger partial charge in [0.2, 0.25) is 0 Å². The van der Waals surface area contributed by atoms with Crippen molar-refractivity contribution in [3.63, 3.8) is 0 Å². The fourth-order valence-electron chi connectivity index (χ4n) is 1.24. The zero-order valence-corrected chi connectivity index (χ0v) is 8.03. The Hall–Kier alpha value is -1.13. The van der Waals surface area contributed by atoms with E-state index in [4.69, 9.17) is 5.73 Å². The van der Waals surface area contributed by atoms with Crippen LogP contribution in [0.4, 0.5) is 0 Å². The Balaban J connectivity index is 0.000000845. The Labute approximate surface area is 82.2 Å². The second-order valence-electron chi connectivity index (χ2n) is 2.80. The molecule has 0 aliphatic carbocycles. The van der Waals surface area contributed by atoms with E-state index < -0.39 is 0 Å². The maximum atomic E-state index is 5.76. The normalized spacial score (nSPS) is 12.5. The predicted octanol–water partition coefficient (Wildman–Crippen LogP) is 1.17. The third kappa shape index (κ3) is 1.64. The maximum absolute atomic E-state index is 5.76. The van der Waals surface area contributed by atoms with Gasteiger partial charge in [0.25, 0.3) is 0 Å². The van der Waals surface area contributed by atoms with Crippen molar-refractivity contribution in [1.82, 2.24) is 14.6 Å². The third-order valence-electron chi connectivity index (χ3n) is 1.83. The molecule has 2 N–H and O–H groups in total. The van der Waals surface area contributed by atoms with Crippen LogP contribution in [0.5, 0.6) is 0 Å². The highest BCUT2D eigenvalue weighted by Gasteiger charge is 2.04. The molecular weight excluding hydrogens is 188 g/mol. The van der Waals surface area contributed by atoms with Gasteiger partial charge in [-0.2, -0.15) is 0 Å². The van der Waals surface area contributed by atoms with E-state index >= 15 is 0 Å². The van der Waals surface area contributed by atoms with Crippen LogP contribution in [-0.2, 0) is 0 Å². The van der Waals surface area contributed by atoms with Crippen LogP contribution in [0.2, 0.25) is 0 Å². The molecule has 0 bridgehead atoms. The van der Waals surface area contributed by atoms with Crippen LogP contribution in [0.3, 0.4) is 0 Å². The number of fused-ring (bicyclic) bond motifs is 1. The Kier molecular flexibility index (Phi) is 2.85. The number of pyridine rings is 1. The minimum Gasteiger partial charge on any atom is -0.323 e. The Morgan fingerprint density at radius 1 is 1.46 bits per heavy atom. The number of nitrogens with two attached hydrogens (primary N) is 1. The van der Waals surface area contributed by atoms with Crippen LogP contribution in [0.15, 0.2) is 24.5 Å². The number of hydrogen-bond acceptors (Lipinski definition) is 3. The number of nitrogens with zero attached hydrogens (tertiary/aromatic N) is 3. The molecule has 2 aromatic rings. The van der Waals surface area contributed by atoms with Gasteiger partial charge in [0.05, 0.1) is 0 Å². The van der Waals surface area contributed by atoms with E-state index in [0.29, 0.717) is 0 Å². The van der Waals surface area contributed by atoms with E-state index in [1.165, 1.54) is 0 Å². The molecule has 0 saturated heterocycles. The van der Waals surface area contributed by atoms with E-state index in [9.17, 15) is 0 Å². The van der Waals surface area contributed by atoms with Gasteiger partial charge in [-0.1, -0.05) is 6.07 Å². The molecule has 1 atom stereocenters. The number of halogens is 1. The number of hydrogen-bond donors (Lipinski definition) is 1. The fourth-order valence-corrected chi connectivity index (χ4v) is 1.24. The molecule has 0 saturated carbocycles. The van der Waals surface area contributed by atoms with Gasteiger partial charge in [-0.3, -0.25) is 4.40 Å². The van der Waals surface area contributed by atoms with Crippen molar-refractivity contribution in [2.75, 3.05) is 0 Å². The van der Waals surface area contributed by atoms with Gasteiger partial charge in [0, 0.05) is 11.7 Å². The molecule has 0 aromatic carbocycles. The summed E-state index contributed by atoms with van der Waals surface area (Å²) < 4.78 is 1.89. The molecule has 70 valence electrons. The molecule has 2 aromatic heterocycles. The monoisotopic (exact) mass is 198 g/mol. The van der Waals surface area contributed by atoms with Crippen molar-refractivity contribution >= 4 is 18.1 Å². The summed E-state index contributed by atoms with van der Waals surface area (Å²) in [5, 5.41) is 7.72. The average Bonchev–Trinajstić information content (AvgIpc) is 2.49. The molecule has 13 heavy (non-hydrogen) atoms. The van der Waals surface area contributed by atoms with Crippen LogP contribution >= 0.6 is 12.4 Å².